The molecule has 2 amide bonds. The molecule has 1 aromatic heterocycles. The minimum absolute atomic E-state index is 0.265. The number of carbonyl (C=O) groups is 1. The van der Waals surface area contributed by atoms with Crippen LogP contribution in [0.25, 0.3) is 11.4 Å². The first kappa shape index (κ1) is 29.2. The standard InChI is InChI=1S/C34H44N8O2/c1-3-40-15-14-30-31(21-40)37-32(38-33(30)42-28-12-13-29(42)23-44-22-28)25-6-10-27(11-7-25)36-34(43)35-26-8-4-24(5-9-26)20-41-18-16-39(2)17-19-41/h4-11,28-29H,3,12-23H2,1-2H3,(H2,35,36,43). The average Bonchev–Trinajstić information content (AvgIpc) is 3.29. The van der Waals surface area contributed by atoms with Gasteiger partial charge in [0.15, 0.2) is 5.82 Å². The van der Waals surface area contributed by atoms with Crippen LogP contribution < -0.4 is 15.5 Å². The van der Waals surface area contributed by atoms with Crippen molar-refractivity contribution in [3.63, 3.8) is 0 Å². The Morgan fingerprint density at radius 2 is 1.52 bits per heavy atom. The second-order valence-electron chi connectivity index (χ2n) is 12.7. The maximum absolute atomic E-state index is 12.8. The summed E-state index contributed by atoms with van der Waals surface area (Å²) < 4.78 is 5.88. The van der Waals surface area contributed by atoms with Gasteiger partial charge in [-0.2, -0.15) is 0 Å². The van der Waals surface area contributed by atoms with Crippen LogP contribution in [0.3, 0.4) is 0 Å². The van der Waals surface area contributed by atoms with Crippen molar-refractivity contribution in [1.82, 2.24) is 24.7 Å². The van der Waals surface area contributed by atoms with E-state index in [1.54, 1.807) is 0 Å². The molecule has 0 spiro atoms. The summed E-state index contributed by atoms with van der Waals surface area (Å²) in [6.07, 6.45) is 3.29. The van der Waals surface area contributed by atoms with E-state index in [0.717, 1.165) is 119 Å². The van der Waals surface area contributed by atoms with Gasteiger partial charge in [-0.15, -0.1) is 0 Å². The second kappa shape index (κ2) is 12.8. The molecule has 7 rings (SSSR count). The molecular weight excluding hydrogens is 552 g/mol. The number of rotatable bonds is 7. The third-order valence-electron chi connectivity index (χ3n) is 9.67. The number of hydrogen-bond donors (Lipinski definition) is 2. The van der Waals surface area contributed by atoms with E-state index in [4.69, 9.17) is 14.7 Å². The Balaban J connectivity index is 1.02. The topological polar surface area (TPSA) is 89.1 Å². The van der Waals surface area contributed by atoms with E-state index in [-0.39, 0.29) is 6.03 Å². The van der Waals surface area contributed by atoms with Crippen molar-refractivity contribution in [1.29, 1.82) is 0 Å². The molecule has 2 N–H and O–H groups in total. The Morgan fingerprint density at radius 3 is 2.18 bits per heavy atom. The molecule has 2 atom stereocenters. The van der Waals surface area contributed by atoms with Gasteiger partial charge < -0.3 is 25.2 Å². The highest BCUT2D eigenvalue weighted by molar-refractivity contribution is 5.99. The number of ether oxygens (including phenoxy) is 1. The molecular formula is C34H44N8O2. The van der Waals surface area contributed by atoms with Crippen molar-refractivity contribution >= 4 is 23.2 Å². The number of morpholine rings is 1. The zero-order valence-corrected chi connectivity index (χ0v) is 26.0. The molecule has 3 fully saturated rings. The van der Waals surface area contributed by atoms with Crippen LogP contribution in [0.5, 0.6) is 0 Å². The van der Waals surface area contributed by atoms with E-state index in [2.05, 4.69) is 56.3 Å². The van der Waals surface area contributed by atoms with E-state index in [1.807, 2.05) is 36.4 Å². The van der Waals surface area contributed by atoms with Gasteiger partial charge in [0.05, 0.1) is 31.0 Å². The van der Waals surface area contributed by atoms with Crippen LogP contribution in [0.4, 0.5) is 22.0 Å². The first-order valence-electron chi connectivity index (χ1n) is 16.2. The van der Waals surface area contributed by atoms with Gasteiger partial charge in [-0.1, -0.05) is 19.1 Å². The fourth-order valence-corrected chi connectivity index (χ4v) is 7.01. The van der Waals surface area contributed by atoms with E-state index in [9.17, 15) is 4.79 Å². The van der Waals surface area contributed by atoms with Crippen molar-refractivity contribution in [2.45, 2.75) is 51.4 Å². The monoisotopic (exact) mass is 596 g/mol. The van der Waals surface area contributed by atoms with Crippen LogP contribution in [0.15, 0.2) is 48.5 Å². The second-order valence-corrected chi connectivity index (χ2v) is 12.7. The predicted molar refractivity (Wildman–Crippen MR) is 174 cm³/mol. The Labute approximate surface area is 260 Å². The minimum Gasteiger partial charge on any atom is -0.377 e. The lowest BCUT2D eigenvalue weighted by Gasteiger charge is -2.38. The minimum atomic E-state index is -0.265. The predicted octanol–water partition coefficient (Wildman–Crippen LogP) is 4.28. The van der Waals surface area contributed by atoms with Gasteiger partial charge in [-0.05, 0) is 74.8 Å². The smallest absolute Gasteiger partial charge is 0.323 e. The molecule has 2 aromatic carbocycles. The number of fused-ring (bicyclic) bond motifs is 3. The number of anilines is 3. The summed E-state index contributed by atoms with van der Waals surface area (Å²) in [5.74, 6) is 1.85. The third-order valence-corrected chi connectivity index (χ3v) is 9.67. The number of piperazine rings is 1. The molecule has 10 nitrogen and oxygen atoms in total. The van der Waals surface area contributed by atoms with Crippen LogP contribution in [0.1, 0.15) is 36.6 Å². The molecule has 5 heterocycles. The number of benzene rings is 2. The maximum atomic E-state index is 12.8. The lowest BCUT2D eigenvalue weighted by atomic mass is 10.0. The van der Waals surface area contributed by atoms with Crippen LogP contribution in [-0.4, -0.2) is 102 Å². The van der Waals surface area contributed by atoms with E-state index in [1.165, 1.54) is 11.1 Å². The average molecular weight is 597 g/mol. The molecule has 3 aromatic rings. The van der Waals surface area contributed by atoms with Crippen molar-refractivity contribution in [2.75, 3.05) is 75.1 Å². The summed E-state index contributed by atoms with van der Waals surface area (Å²) in [6, 6.07) is 16.5. The summed E-state index contributed by atoms with van der Waals surface area (Å²) in [4.78, 5) is 32.9. The number of urea groups is 1. The lowest BCUT2D eigenvalue weighted by molar-refractivity contribution is 0.0900. The van der Waals surface area contributed by atoms with Gasteiger partial charge in [0.1, 0.15) is 5.82 Å². The Morgan fingerprint density at radius 1 is 0.864 bits per heavy atom. The first-order chi connectivity index (χ1) is 21.5. The van der Waals surface area contributed by atoms with Crippen molar-refractivity contribution in [2.24, 2.45) is 0 Å². The quantitative estimate of drug-likeness (QED) is 0.418. The van der Waals surface area contributed by atoms with Crippen LogP contribution in [0.2, 0.25) is 0 Å². The highest BCUT2D eigenvalue weighted by Crippen LogP contribution is 2.38. The summed E-state index contributed by atoms with van der Waals surface area (Å²) in [5, 5.41) is 5.93. The zero-order valence-electron chi connectivity index (χ0n) is 26.0. The number of hydrogen-bond acceptors (Lipinski definition) is 8. The SMILES string of the molecule is CCN1CCc2c(nc(-c3ccc(NC(=O)Nc4ccc(CN5CCN(C)CC5)cc4)cc3)nc2N2C3CCC2COC3)C1. The third kappa shape index (κ3) is 6.30. The Hall–Kier alpha value is -3.57. The molecule has 2 unspecified atom stereocenters. The van der Waals surface area contributed by atoms with Crippen molar-refractivity contribution in [3.8, 4) is 11.4 Å². The molecule has 3 saturated heterocycles. The molecule has 4 aliphatic heterocycles. The fourth-order valence-electron chi connectivity index (χ4n) is 7.01. The Kier molecular flexibility index (Phi) is 8.49. The number of amides is 2. The van der Waals surface area contributed by atoms with Gasteiger partial charge in [0.25, 0.3) is 0 Å². The number of likely N-dealkylation sites (N-methyl/N-ethyl adjacent to an activating group) is 2. The number of nitrogens with zero attached hydrogens (tertiary/aromatic N) is 6. The van der Waals surface area contributed by atoms with Gasteiger partial charge in [0, 0.05) is 68.3 Å². The number of aromatic nitrogens is 2. The first-order valence-corrected chi connectivity index (χ1v) is 16.2. The van der Waals surface area contributed by atoms with Gasteiger partial charge in [-0.3, -0.25) is 9.80 Å². The fraction of sp³-hybridized carbons (Fsp3) is 0.500. The number of nitrogens with one attached hydrogen (secondary N) is 2. The molecule has 44 heavy (non-hydrogen) atoms. The Bertz CT molecular complexity index is 1440. The molecule has 0 saturated carbocycles. The van der Waals surface area contributed by atoms with Crippen molar-refractivity contribution in [3.05, 3.63) is 65.4 Å². The molecule has 232 valence electrons. The summed E-state index contributed by atoms with van der Waals surface area (Å²) in [6.45, 7) is 12.0. The number of carbonyl (C=O) groups excluding carboxylic acids is 1. The normalized spacial score (nSPS) is 22.5. The molecule has 2 bridgehead atoms. The lowest BCUT2D eigenvalue weighted by Crippen LogP contribution is -2.47. The molecule has 0 aliphatic carbocycles. The molecule has 10 heteroatoms. The highest BCUT2D eigenvalue weighted by atomic mass is 16.5. The molecule has 0 radical (unpaired) electrons. The maximum Gasteiger partial charge on any atom is 0.323 e. The summed E-state index contributed by atoms with van der Waals surface area (Å²) >= 11 is 0. The highest BCUT2D eigenvalue weighted by Gasteiger charge is 2.40. The summed E-state index contributed by atoms with van der Waals surface area (Å²) in [5.41, 5.74) is 6.14. The summed E-state index contributed by atoms with van der Waals surface area (Å²) in [7, 11) is 2.17. The largest absolute Gasteiger partial charge is 0.377 e. The van der Waals surface area contributed by atoms with Gasteiger partial charge in [-0.25, -0.2) is 14.8 Å². The van der Waals surface area contributed by atoms with E-state index in [0.29, 0.717) is 12.1 Å². The van der Waals surface area contributed by atoms with Crippen molar-refractivity contribution < 1.29 is 9.53 Å². The van der Waals surface area contributed by atoms with Gasteiger partial charge >= 0.3 is 6.03 Å². The van der Waals surface area contributed by atoms with E-state index >= 15 is 0 Å². The van der Waals surface area contributed by atoms with E-state index < -0.39 is 0 Å². The zero-order chi connectivity index (χ0) is 30.0. The van der Waals surface area contributed by atoms with Crippen LogP contribution in [-0.2, 0) is 24.2 Å². The molecule has 4 aliphatic rings. The van der Waals surface area contributed by atoms with Gasteiger partial charge in [0.2, 0.25) is 0 Å². The van der Waals surface area contributed by atoms with Crippen LogP contribution >= 0.6 is 0 Å². The van der Waals surface area contributed by atoms with Crippen LogP contribution in [0, 0.1) is 0 Å².